The van der Waals surface area contributed by atoms with Crippen LogP contribution in [0.25, 0.3) is 0 Å². The van der Waals surface area contributed by atoms with Crippen molar-refractivity contribution < 1.29 is 9.59 Å². The van der Waals surface area contributed by atoms with Gasteiger partial charge in [-0.3, -0.25) is 9.59 Å². The topological polar surface area (TPSA) is 52.7 Å². The molecule has 3 rings (SSSR count). The first-order valence-electron chi connectivity index (χ1n) is 7.16. The molecular weight excluding hydrogens is 254 g/mol. The lowest BCUT2D eigenvalue weighted by Gasteiger charge is -2.22. The van der Waals surface area contributed by atoms with Crippen molar-refractivity contribution in [3.05, 3.63) is 24.3 Å². The Hall–Kier alpha value is -2.04. The van der Waals surface area contributed by atoms with Gasteiger partial charge in [0.1, 0.15) is 0 Å². The number of nitrogens with zero attached hydrogens (tertiary/aromatic N) is 2. The standard InChI is InChI=1S/C15H19N3O2/c19-14-7-10-18(15(20)11-16-14)13-5-3-12(4-6-13)17-8-1-2-9-17/h3-6H,1-2,7-11H2,(H,16,19). The molecule has 2 aliphatic rings. The van der Waals surface area contributed by atoms with Gasteiger partial charge in [-0.25, -0.2) is 0 Å². The molecular formula is C15H19N3O2. The van der Waals surface area contributed by atoms with Crippen molar-refractivity contribution in [2.45, 2.75) is 19.3 Å². The maximum Gasteiger partial charge on any atom is 0.246 e. The Bertz CT molecular complexity index is 506. The molecule has 0 unspecified atom stereocenters. The highest BCUT2D eigenvalue weighted by molar-refractivity contribution is 5.98. The summed E-state index contributed by atoms with van der Waals surface area (Å²) in [5, 5.41) is 2.61. The van der Waals surface area contributed by atoms with Gasteiger partial charge in [0, 0.05) is 37.4 Å². The molecule has 1 aromatic carbocycles. The van der Waals surface area contributed by atoms with Gasteiger partial charge in [-0.05, 0) is 37.1 Å². The summed E-state index contributed by atoms with van der Waals surface area (Å²) < 4.78 is 0. The highest BCUT2D eigenvalue weighted by Crippen LogP contribution is 2.24. The highest BCUT2D eigenvalue weighted by Gasteiger charge is 2.21. The lowest BCUT2D eigenvalue weighted by Crippen LogP contribution is -2.35. The van der Waals surface area contributed by atoms with Crippen LogP contribution in [0.4, 0.5) is 11.4 Å². The summed E-state index contributed by atoms with van der Waals surface area (Å²) in [6, 6.07) is 8.07. The second kappa shape index (κ2) is 5.53. The summed E-state index contributed by atoms with van der Waals surface area (Å²) in [6.45, 7) is 2.77. The molecule has 5 nitrogen and oxygen atoms in total. The van der Waals surface area contributed by atoms with Crippen LogP contribution < -0.4 is 15.1 Å². The van der Waals surface area contributed by atoms with E-state index in [1.165, 1.54) is 18.5 Å². The molecule has 0 aromatic heterocycles. The van der Waals surface area contributed by atoms with Crippen molar-refractivity contribution >= 4 is 23.2 Å². The van der Waals surface area contributed by atoms with Crippen LogP contribution in [0.1, 0.15) is 19.3 Å². The third-order valence-corrected chi connectivity index (χ3v) is 3.93. The largest absolute Gasteiger partial charge is 0.372 e. The molecule has 0 atom stereocenters. The van der Waals surface area contributed by atoms with Crippen molar-refractivity contribution in [2.75, 3.05) is 36.0 Å². The van der Waals surface area contributed by atoms with Crippen molar-refractivity contribution in [1.82, 2.24) is 5.32 Å². The van der Waals surface area contributed by atoms with E-state index in [1.807, 2.05) is 12.1 Å². The zero-order valence-electron chi connectivity index (χ0n) is 11.5. The summed E-state index contributed by atoms with van der Waals surface area (Å²) in [6.07, 6.45) is 2.86. The number of amides is 2. The fourth-order valence-electron chi connectivity index (χ4n) is 2.79. The molecule has 0 radical (unpaired) electrons. The maximum absolute atomic E-state index is 12.0. The highest BCUT2D eigenvalue weighted by atomic mass is 16.2. The Kier molecular flexibility index (Phi) is 3.58. The minimum Gasteiger partial charge on any atom is -0.372 e. The number of hydrogen-bond donors (Lipinski definition) is 1. The van der Waals surface area contributed by atoms with Crippen LogP contribution in [0.3, 0.4) is 0 Å². The predicted molar refractivity (Wildman–Crippen MR) is 77.9 cm³/mol. The first-order valence-corrected chi connectivity index (χ1v) is 7.16. The van der Waals surface area contributed by atoms with Gasteiger partial charge in [-0.2, -0.15) is 0 Å². The molecule has 2 heterocycles. The quantitative estimate of drug-likeness (QED) is 0.879. The normalized spacial score (nSPS) is 20.0. The number of rotatable bonds is 2. The Morgan fingerprint density at radius 1 is 0.900 bits per heavy atom. The number of carbonyl (C=O) groups is 2. The van der Waals surface area contributed by atoms with Crippen LogP contribution in [0.2, 0.25) is 0 Å². The van der Waals surface area contributed by atoms with E-state index in [2.05, 4.69) is 22.3 Å². The number of carbonyl (C=O) groups excluding carboxylic acids is 2. The van der Waals surface area contributed by atoms with Gasteiger partial charge in [-0.1, -0.05) is 0 Å². The van der Waals surface area contributed by atoms with Crippen molar-refractivity contribution in [3.8, 4) is 0 Å². The average molecular weight is 273 g/mol. The van der Waals surface area contributed by atoms with Crippen LogP contribution in [0.15, 0.2) is 24.3 Å². The number of benzene rings is 1. The van der Waals surface area contributed by atoms with E-state index < -0.39 is 0 Å². The molecule has 5 heteroatoms. The van der Waals surface area contributed by atoms with Crippen molar-refractivity contribution in [2.24, 2.45) is 0 Å². The van der Waals surface area contributed by atoms with Gasteiger partial charge in [-0.15, -0.1) is 0 Å². The predicted octanol–water partition coefficient (Wildman–Crippen LogP) is 1.14. The van der Waals surface area contributed by atoms with E-state index in [0.717, 1.165) is 18.8 Å². The lowest BCUT2D eigenvalue weighted by atomic mass is 10.2. The molecule has 0 spiro atoms. The van der Waals surface area contributed by atoms with Gasteiger partial charge in [0.2, 0.25) is 11.8 Å². The van der Waals surface area contributed by atoms with Crippen LogP contribution in [-0.2, 0) is 9.59 Å². The fraction of sp³-hybridized carbons (Fsp3) is 0.467. The molecule has 2 saturated heterocycles. The zero-order chi connectivity index (χ0) is 13.9. The summed E-state index contributed by atoms with van der Waals surface area (Å²) in [4.78, 5) is 27.4. The zero-order valence-corrected chi connectivity index (χ0v) is 11.5. The summed E-state index contributed by atoms with van der Waals surface area (Å²) >= 11 is 0. The summed E-state index contributed by atoms with van der Waals surface area (Å²) in [7, 11) is 0. The number of hydrogen-bond acceptors (Lipinski definition) is 3. The Morgan fingerprint density at radius 3 is 2.25 bits per heavy atom. The first-order chi connectivity index (χ1) is 9.74. The Morgan fingerprint density at radius 2 is 1.55 bits per heavy atom. The third kappa shape index (κ3) is 2.61. The SMILES string of the molecule is O=C1CCN(c2ccc(N3CCCC3)cc2)C(=O)CN1. The molecule has 0 aliphatic carbocycles. The second-order valence-corrected chi connectivity index (χ2v) is 5.28. The van der Waals surface area contributed by atoms with Gasteiger partial charge in [0.25, 0.3) is 0 Å². The van der Waals surface area contributed by atoms with E-state index >= 15 is 0 Å². The molecule has 106 valence electrons. The van der Waals surface area contributed by atoms with Crippen LogP contribution in [0, 0.1) is 0 Å². The monoisotopic (exact) mass is 273 g/mol. The first kappa shape index (κ1) is 13.0. The van der Waals surface area contributed by atoms with Crippen LogP contribution in [-0.4, -0.2) is 38.0 Å². The van der Waals surface area contributed by atoms with E-state index in [-0.39, 0.29) is 18.4 Å². The minimum absolute atomic E-state index is 0.0511. The smallest absolute Gasteiger partial charge is 0.246 e. The molecule has 2 aliphatic heterocycles. The molecule has 2 amide bonds. The molecule has 1 aromatic rings. The Labute approximate surface area is 118 Å². The minimum atomic E-state index is -0.0606. The molecule has 2 fully saturated rings. The summed E-state index contributed by atoms with van der Waals surface area (Å²) in [5.41, 5.74) is 2.08. The molecule has 0 saturated carbocycles. The number of anilines is 2. The summed E-state index contributed by atoms with van der Waals surface area (Å²) in [5.74, 6) is -0.112. The molecule has 20 heavy (non-hydrogen) atoms. The van der Waals surface area contributed by atoms with E-state index in [4.69, 9.17) is 0 Å². The fourth-order valence-corrected chi connectivity index (χ4v) is 2.79. The van der Waals surface area contributed by atoms with Gasteiger partial charge >= 0.3 is 0 Å². The maximum atomic E-state index is 12.0. The second-order valence-electron chi connectivity index (χ2n) is 5.28. The molecule has 1 N–H and O–H groups in total. The third-order valence-electron chi connectivity index (χ3n) is 3.93. The van der Waals surface area contributed by atoms with Crippen molar-refractivity contribution in [1.29, 1.82) is 0 Å². The van der Waals surface area contributed by atoms with Gasteiger partial charge in [0.05, 0.1) is 6.54 Å². The van der Waals surface area contributed by atoms with Gasteiger partial charge < -0.3 is 15.1 Å². The van der Waals surface area contributed by atoms with Crippen molar-refractivity contribution in [3.63, 3.8) is 0 Å². The number of nitrogens with one attached hydrogen (secondary N) is 1. The van der Waals surface area contributed by atoms with E-state index in [1.54, 1.807) is 4.90 Å². The van der Waals surface area contributed by atoms with Crippen LogP contribution >= 0.6 is 0 Å². The van der Waals surface area contributed by atoms with E-state index in [0.29, 0.717) is 13.0 Å². The Balaban J connectivity index is 1.75. The lowest BCUT2D eigenvalue weighted by molar-refractivity contribution is -0.123. The van der Waals surface area contributed by atoms with E-state index in [9.17, 15) is 9.59 Å². The van der Waals surface area contributed by atoms with Gasteiger partial charge in [0.15, 0.2) is 0 Å². The average Bonchev–Trinajstić information content (AvgIpc) is 2.94. The van der Waals surface area contributed by atoms with Crippen LogP contribution in [0.5, 0.6) is 0 Å². The molecule has 0 bridgehead atoms.